The Balaban J connectivity index is 1.72. The molecule has 1 heterocycles. The fraction of sp³-hybridized carbons (Fsp3) is 0.263. The summed E-state index contributed by atoms with van der Waals surface area (Å²) in [6.07, 6.45) is 3.33. The predicted octanol–water partition coefficient (Wildman–Crippen LogP) is 1.02. The summed E-state index contributed by atoms with van der Waals surface area (Å²) in [6.45, 7) is 0.925. The number of aryl methyl sites for hydroxylation is 1. The van der Waals surface area contributed by atoms with Crippen molar-refractivity contribution >= 4 is 17.6 Å². The molecule has 2 aromatic rings. The lowest BCUT2D eigenvalue weighted by atomic mass is 10.1. The van der Waals surface area contributed by atoms with E-state index in [1.54, 1.807) is 12.1 Å². The number of amidine groups is 1. The zero-order chi connectivity index (χ0) is 18.8. The summed E-state index contributed by atoms with van der Waals surface area (Å²) in [5.41, 5.74) is 12.8. The quantitative estimate of drug-likeness (QED) is 0.354. The van der Waals surface area contributed by atoms with Crippen LogP contribution in [0.1, 0.15) is 34.5 Å². The summed E-state index contributed by atoms with van der Waals surface area (Å²) in [4.78, 5) is 31.4. The predicted molar refractivity (Wildman–Crippen MR) is 101 cm³/mol. The van der Waals surface area contributed by atoms with Crippen molar-refractivity contribution in [3.63, 3.8) is 0 Å². The van der Waals surface area contributed by atoms with Crippen molar-refractivity contribution in [1.82, 2.24) is 10.3 Å². The molecule has 0 saturated carbocycles. The van der Waals surface area contributed by atoms with E-state index in [0.717, 1.165) is 5.56 Å². The number of carbonyl (C=O) groups excluding carboxylic acids is 2. The van der Waals surface area contributed by atoms with Crippen LogP contribution in [-0.4, -0.2) is 35.7 Å². The number of amides is 2. The summed E-state index contributed by atoms with van der Waals surface area (Å²) < 4.78 is 0. The summed E-state index contributed by atoms with van der Waals surface area (Å²) in [6, 6.07) is 13.0. The lowest BCUT2D eigenvalue weighted by Gasteiger charge is -2.06. The topological polar surface area (TPSA) is 123 Å². The van der Waals surface area contributed by atoms with Gasteiger partial charge in [-0.15, -0.1) is 0 Å². The molecule has 0 saturated heterocycles. The van der Waals surface area contributed by atoms with Crippen molar-refractivity contribution in [3.8, 4) is 0 Å². The number of aromatic nitrogens is 1. The van der Waals surface area contributed by atoms with Gasteiger partial charge in [0.15, 0.2) is 0 Å². The first-order valence-electron chi connectivity index (χ1n) is 8.43. The van der Waals surface area contributed by atoms with Gasteiger partial charge in [-0.1, -0.05) is 30.3 Å². The molecular formula is C19H23N5O2. The Morgan fingerprint density at radius 2 is 1.85 bits per heavy atom. The van der Waals surface area contributed by atoms with Crippen LogP contribution in [0.15, 0.2) is 53.7 Å². The highest BCUT2D eigenvalue weighted by Gasteiger charge is 2.11. The number of aliphatic imine (C=N–C) groups is 1. The highest BCUT2D eigenvalue weighted by molar-refractivity contribution is 6.06. The van der Waals surface area contributed by atoms with Crippen molar-refractivity contribution in [2.24, 2.45) is 16.5 Å². The Hall–Kier alpha value is -3.22. The molecule has 0 fully saturated rings. The third-order valence-corrected chi connectivity index (χ3v) is 3.74. The Kier molecular flexibility index (Phi) is 7.30. The lowest BCUT2D eigenvalue weighted by molar-refractivity contribution is -0.121. The van der Waals surface area contributed by atoms with E-state index in [0.29, 0.717) is 32.4 Å². The van der Waals surface area contributed by atoms with Crippen LogP contribution in [-0.2, 0) is 11.2 Å². The van der Waals surface area contributed by atoms with Crippen molar-refractivity contribution in [3.05, 3.63) is 65.5 Å². The van der Waals surface area contributed by atoms with Crippen LogP contribution in [0, 0.1) is 0 Å². The number of nitrogens with two attached hydrogens (primary N) is 2. The molecule has 1 aromatic carbocycles. The molecule has 0 aliphatic rings. The number of hydrogen-bond donors (Lipinski definition) is 3. The highest BCUT2D eigenvalue weighted by atomic mass is 16.1. The van der Waals surface area contributed by atoms with Gasteiger partial charge < -0.3 is 16.8 Å². The van der Waals surface area contributed by atoms with Crippen LogP contribution in [0.3, 0.4) is 0 Å². The van der Waals surface area contributed by atoms with Gasteiger partial charge >= 0.3 is 0 Å². The first-order chi connectivity index (χ1) is 12.6. The van der Waals surface area contributed by atoms with E-state index in [-0.39, 0.29) is 23.0 Å². The van der Waals surface area contributed by atoms with Gasteiger partial charge in [-0.3, -0.25) is 19.6 Å². The van der Waals surface area contributed by atoms with E-state index < -0.39 is 5.91 Å². The molecule has 1 aromatic heterocycles. The maximum atomic E-state index is 11.8. The van der Waals surface area contributed by atoms with Gasteiger partial charge in [0.1, 0.15) is 11.5 Å². The Labute approximate surface area is 152 Å². The normalized spacial score (nSPS) is 11.2. The lowest BCUT2D eigenvalue weighted by Crippen LogP contribution is -2.26. The second kappa shape index (κ2) is 9.93. The Morgan fingerprint density at radius 3 is 2.58 bits per heavy atom. The molecule has 7 heteroatoms. The summed E-state index contributed by atoms with van der Waals surface area (Å²) in [5, 5.41) is 2.86. The minimum atomic E-state index is -0.600. The zero-order valence-corrected chi connectivity index (χ0v) is 14.5. The maximum Gasteiger partial charge on any atom is 0.251 e. The second-order valence-electron chi connectivity index (χ2n) is 5.72. The second-order valence-corrected chi connectivity index (χ2v) is 5.72. The SMILES string of the molecule is NC(=O)c1cccnc1C(N)=NCCCNC(=O)CCc1ccccc1. The van der Waals surface area contributed by atoms with Crippen LogP contribution in [0.25, 0.3) is 0 Å². The van der Waals surface area contributed by atoms with Gasteiger partial charge in [0.25, 0.3) is 5.91 Å². The molecule has 0 unspecified atom stereocenters. The van der Waals surface area contributed by atoms with Gasteiger partial charge in [-0.2, -0.15) is 0 Å². The molecule has 0 atom stereocenters. The molecule has 5 N–H and O–H groups in total. The minimum absolute atomic E-state index is 0.00606. The molecule has 0 bridgehead atoms. The van der Waals surface area contributed by atoms with Crippen LogP contribution in [0.2, 0.25) is 0 Å². The number of hydrogen-bond acceptors (Lipinski definition) is 4. The highest BCUT2D eigenvalue weighted by Crippen LogP contribution is 2.04. The standard InChI is InChI=1S/C19H23N5O2/c20-18(17-15(19(21)26)8-4-11-23-17)24-13-5-12-22-16(25)10-9-14-6-2-1-3-7-14/h1-4,6-8,11H,5,9-10,12-13H2,(H2,20,24)(H2,21,26)(H,22,25). The molecular weight excluding hydrogens is 330 g/mol. The Bertz CT molecular complexity index is 775. The molecule has 0 aliphatic heterocycles. The van der Waals surface area contributed by atoms with Gasteiger partial charge in [-0.25, -0.2) is 0 Å². The molecule has 2 amide bonds. The van der Waals surface area contributed by atoms with E-state index >= 15 is 0 Å². The molecule has 0 aliphatic carbocycles. The largest absolute Gasteiger partial charge is 0.382 e. The van der Waals surface area contributed by atoms with E-state index in [1.165, 1.54) is 6.20 Å². The average Bonchev–Trinajstić information content (AvgIpc) is 2.66. The fourth-order valence-corrected chi connectivity index (χ4v) is 2.38. The minimum Gasteiger partial charge on any atom is -0.382 e. The van der Waals surface area contributed by atoms with E-state index in [4.69, 9.17) is 11.5 Å². The summed E-state index contributed by atoms with van der Waals surface area (Å²) in [5.74, 6) is -0.432. The van der Waals surface area contributed by atoms with E-state index in [9.17, 15) is 9.59 Å². The number of carbonyl (C=O) groups is 2. The molecule has 7 nitrogen and oxygen atoms in total. The van der Waals surface area contributed by atoms with Crippen molar-refractivity contribution in [2.75, 3.05) is 13.1 Å². The van der Waals surface area contributed by atoms with Gasteiger partial charge in [0.05, 0.1) is 5.56 Å². The molecule has 26 heavy (non-hydrogen) atoms. The number of pyridine rings is 1. The fourth-order valence-electron chi connectivity index (χ4n) is 2.38. The molecule has 2 rings (SSSR count). The molecule has 0 radical (unpaired) electrons. The smallest absolute Gasteiger partial charge is 0.251 e. The van der Waals surface area contributed by atoms with Crippen molar-refractivity contribution in [2.45, 2.75) is 19.3 Å². The zero-order valence-electron chi connectivity index (χ0n) is 14.5. The number of rotatable bonds is 9. The van der Waals surface area contributed by atoms with Crippen molar-refractivity contribution in [1.29, 1.82) is 0 Å². The third kappa shape index (κ3) is 6.01. The van der Waals surface area contributed by atoms with Gasteiger partial charge in [0, 0.05) is 25.7 Å². The van der Waals surface area contributed by atoms with Gasteiger partial charge in [-0.05, 0) is 30.5 Å². The summed E-state index contributed by atoms with van der Waals surface area (Å²) >= 11 is 0. The number of benzene rings is 1. The Morgan fingerprint density at radius 1 is 1.08 bits per heavy atom. The third-order valence-electron chi connectivity index (χ3n) is 3.74. The molecule has 0 spiro atoms. The van der Waals surface area contributed by atoms with Crippen molar-refractivity contribution < 1.29 is 9.59 Å². The van der Waals surface area contributed by atoms with E-state index in [2.05, 4.69) is 15.3 Å². The number of primary amides is 1. The monoisotopic (exact) mass is 353 g/mol. The average molecular weight is 353 g/mol. The molecule has 136 valence electrons. The van der Waals surface area contributed by atoms with Crippen LogP contribution in [0.4, 0.5) is 0 Å². The summed E-state index contributed by atoms with van der Waals surface area (Å²) in [7, 11) is 0. The van der Waals surface area contributed by atoms with Crippen LogP contribution in [0.5, 0.6) is 0 Å². The van der Waals surface area contributed by atoms with Crippen LogP contribution < -0.4 is 16.8 Å². The first kappa shape index (κ1) is 19.1. The number of nitrogens with zero attached hydrogens (tertiary/aromatic N) is 2. The van der Waals surface area contributed by atoms with Gasteiger partial charge in [0.2, 0.25) is 5.91 Å². The van der Waals surface area contributed by atoms with Crippen LogP contribution >= 0.6 is 0 Å². The maximum absolute atomic E-state index is 11.8. The first-order valence-corrected chi connectivity index (χ1v) is 8.43. The number of nitrogens with one attached hydrogen (secondary N) is 1. The van der Waals surface area contributed by atoms with E-state index in [1.807, 2.05) is 30.3 Å².